The lowest BCUT2D eigenvalue weighted by Gasteiger charge is -2.09. The van der Waals surface area contributed by atoms with E-state index >= 15 is 0 Å². The molecule has 138 valence electrons. The Balaban J connectivity index is 1.62. The summed E-state index contributed by atoms with van der Waals surface area (Å²) >= 11 is 0. The van der Waals surface area contributed by atoms with Crippen LogP contribution in [0.3, 0.4) is 0 Å². The van der Waals surface area contributed by atoms with Crippen molar-refractivity contribution < 1.29 is 19.1 Å². The highest BCUT2D eigenvalue weighted by Crippen LogP contribution is 2.14. The Morgan fingerprint density at radius 2 is 1.96 bits per heavy atom. The molecule has 7 heteroatoms. The fraction of sp³-hybridized carbons (Fsp3) is 0.200. The summed E-state index contributed by atoms with van der Waals surface area (Å²) < 4.78 is 11.9. The average Bonchev–Trinajstić information content (AvgIpc) is 2.66. The Bertz CT molecular complexity index is 1070. The number of benzene rings is 1. The molecule has 0 N–H and O–H groups in total. The second kappa shape index (κ2) is 7.82. The molecule has 0 radical (unpaired) electrons. The van der Waals surface area contributed by atoms with Gasteiger partial charge in [0.25, 0.3) is 5.56 Å². The van der Waals surface area contributed by atoms with Crippen molar-refractivity contribution >= 4 is 17.4 Å². The van der Waals surface area contributed by atoms with Gasteiger partial charge >= 0.3 is 5.97 Å². The first-order valence-electron chi connectivity index (χ1n) is 8.31. The monoisotopic (exact) mass is 366 g/mol. The molecule has 0 unspecified atom stereocenters. The summed E-state index contributed by atoms with van der Waals surface area (Å²) in [6, 6.07) is 11.5. The first kappa shape index (κ1) is 18.3. The van der Waals surface area contributed by atoms with Crippen molar-refractivity contribution in [1.29, 1.82) is 0 Å². The Morgan fingerprint density at radius 3 is 2.74 bits per heavy atom. The number of hydrogen-bond acceptors (Lipinski definition) is 6. The number of esters is 1. The van der Waals surface area contributed by atoms with E-state index < -0.39 is 5.97 Å². The molecule has 0 saturated heterocycles. The Hall–Kier alpha value is -3.48. The lowest BCUT2D eigenvalue weighted by atomic mass is 10.1. The van der Waals surface area contributed by atoms with Crippen LogP contribution in [-0.2, 0) is 16.1 Å². The Labute approximate surface area is 155 Å². The van der Waals surface area contributed by atoms with Gasteiger partial charge in [0, 0.05) is 17.8 Å². The van der Waals surface area contributed by atoms with Crippen molar-refractivity contribution in [1.82, 2.24) is 9.38 Å². The van der Waals surface area contributed by atoms with Gasteiger partial charge in [-0.1, -0.05) is 18.2 Å². The van der Waals surface area contributed by atoms with E-state index in [9.17, 15) is 14.4 Å². The van der Waals surface area contributed by atoms with Gasteiger partial charge in [-0.2, -0.15) is 0 Å². The van der Waals surface area contributed by atoms with E-state index in [1.54, 1.807) is 36.5 Å². The fourth-order valence-electron chi connectivity index (χ4n) is 2.53. The third-order valence-corrected chi connectivity index (χ3v) is 3.92. The van der Waals surface area contributed by atoms with Crippen molar-refractivity contribution in [2.24, 2.45) is 0 Å². The molecular formula is C20H18N2O5. The van der Waals surface area contributed by atoms with Crippen LogP contribution in [0.1, 0.15) is 28.5 Å². The van der Waals surface area contributed by atoms with Crippen LogP contribution in [0, 0.1) is 6.92 Å². The van der Waals surface area contributed by atoms with E-state index in [4.69, 9.17) is 9.47 Å². The zero-order valence-corrected chi connectivity index (χ0v) is 15.0. The van der Waals surface area contributed by atoms with Gasteiger partial charge in [-0.25, -0.2) is 9.78 Å². The molecule has 1 aromatic carbocycles. The summed E-state index contributed by atoms with van der Waals surface area (Å²) in [5, 5.41) is 0. The maximum absolute atomic E-state index is 12.1. The molecule has 2 heterocycles. The number of hydrogen-bond donors (Lipinski definition) is 0. The average molecular weight is 366 g/mol. The van der Waals surface area contributed by atoms with Crippen LogP contribution in [-0.4, -0.2) is 27.7 Å². The minimum atomic E-state index is -0.602. The van der Waals surface area contributed by atoms with Crippen LogP contribution in [0.25, 0.3) is 5.65 Å². The largest absolute Gasteiger partial charge is 0.482 e. The Morgan fingerprint density at radius 1 is 1.15 bits per heavy atom. The molecule has 0 amide bonds. The van der Waals surface area contributed by atoms with Crippen molar-refractivity contribution in [3.63, 3.8) is 0 Å². The number of Topliss-reactive ketones (excluding diaryl/α,β-unsaturated/α-hetero) is 1. The van der Waals surface area contributed by atoms with Gasteiger partial charge in [0.2, 0.25) is 0 Å². The van der Waals surface area contributed by atoms with Gasteiger partial charge in [0.15, 0.2) is 12.4 Å². The van der Waals surface area contributed by atoms with Crippen LogP contribution < -0.4 is 10.3 Å². The summed E-state index contributed by atoms with van der Waals surface area (Å²) in [6.07, 6.45) is 1.64. The molecule has 27 heavy (non-hydrogen) atoms. The van der Waals surface area contributed by atoms with E-state index in [1.807, 2.05) is 13.0 Å². The number of ether oxygens (including phenoxy) is 2. The van der Waals surface area contributed by atoms with Gasteiger partial charge < -0.3 is 9.47 Å². The summed E-state index contributed by atoms with van der Waals surface area (Å²) in [6.45, 7) is 2.86. The van der Waals surface area contributed by atoms with Crippen molar-refractivity contribution in [3.8, 4) is 5.75 Å². The number of nitrogens with zero attached hydrogens (tertiary/aromatic N) is 2. The summed E-state index contributed by atoms with van der Waals surface area (Å²) in [5.41, 5.74) is 1.98. The molecule has 7 nitrogen and oxygen atoms in total. The number of ketones is 1. The van der Waals surface area contributed by atoms with E-state index in [-0.39, 0.29) is 24.6 Å². The first-order chi connectivity index (χ1) is 12.9. The molecule has 0 spiro atoms. The zero-order chi connectivity index (χ0) is 19.4. The van der Waals surface area contributed by atoms with Crippen LogP contribution in [0.2, 0.25) is 0 Å². The Kier molecular flexibility index (Phi) is 5.30. The molecule has 0 atom stereocenters. The van der Waals surface area contributed by atoms with Gasteiger partial charge in [-0.15, -0.1) is 0 Å². The predicted molar refractivity (Wildman–Crippen MR) is 97.9 cm³/mol. The minimum Gasteiger partial charge on any atom is -0.482 e. The topological polar surface area (TPSA) is 87.0 Å². The molecule has 0 aliphatic carbocycles. The molecule has 0 aliphatic rings. The lowest BCUT2D eigenvalue weighted by Crippen LogP contribution is -2.19. The molecule has 0 fully saturated rings. The third-order valence-electron chi connectivity index (χ3n) is 3.92. The molecular weight excluding hydrogens is 348 g/mol. The van der Waals surface area contributed by atoms with E-state index in [0.717, 1.165) is 5.56 Å². The van der Waals surface area contributed by atoms with E-state index in [0.29, 0.717) is 22.7 Å². The number of carbonyl (C=O) groups excluding carboxylic acids is 2. The zero-order valence-electron chi connectivity index (χ0n) is 15.0. The maximum Gasteiger partial charge on any atom is 0.344 e. The number of rotatable bonds is 6. The van der Waals surface area contributed by atoms with Crippen molar-refractivity contribution in [2.45, 2.75) is 20.5 Å². The van der Waals surface area contributed by atoms with Crippen LogP contribution in [0.15, 0.2) is 53.5 Å². The normalized spacial score (nSPS) is 10.6. The van der Waals surface area contributed by atoms with Gasteiger partial charge in [-0.05, 0) is 37.6 Å². The molecule has 3 rings (SSSR count). The van der Waals surface area contributed by atoms with Crippen LogP contribution >= 0.6 is 0 Å². The first-order valence-corrected chi connectivity index (χ1v) is 8.31. The molecule has 3 aromatic rings. The molecule has 0 saturated carbocycles. The fourth-order valence-corrected chi connectivity index (χ4v) is 2.53. The minimum absolute atomic E-state index is 0.0908. The number of fused-ring (bicyclic) bond motifs is 1. The maximum atomic E-state index is 12.1. The van der Waals surface area contributed by atoms with Crippen molar-refractivity contribution in [2.75, 3.05) is 6.61 Å². The quantitative estimate of drug-likeness (QED) is 0.492. The number of pyridine rings is 1. The van der Waals surface area contributed by atoms with E-state index in [2.05, 4.69) is 4.98 Å². The highest BCUT2D eigenvalue weighted by Gasteiger charge is 2.09. The van der Waals surface area contributed by atoms with Crippen LogP contribution in [0.5, 0.6) is 5.75 Å². The smallest absolute Gasteiger partial charge is 0.344 e. The summed E-state index contributed by atoms with van der Waals surface area (Å²) in [5.74, 6) is -0.292. The highest BCUT2D eigenvalue weighted by molar-refractivity contribution is 5.94. The summed E-state index contributed by atoms with van der Waals surface area (Å²) in [7, 11) is 0. The number of aryl methyl sites for hydroxylation is 1. The van der Waals surface area contributed by atoms with Crippen molar-refractivity contribution in [3.05, 3.63) is 75.8 Å². The van der Waals surface area contributed by atoms with Gasteiger partial charge in [0.1, 0.15) is 18.0 Å². The van der Waals surface area contributed by atoms with Crippen LogP contribution in [0.4, 0.5) is 0 Å². The second-order valence-corrected chi connectivity index (χ2v) is 6.00. The molecule has 0 bridgehead atoms. The lowest BCUT2D eigenvalue weighted by molar-refractivity contribution is -0.147. The van der Waals surface area contributed by atoms with Gasteiger partial charge in [0.05, 0.1) is 5.69 Å². The SMILES string of the molecule is CC(=O)c1cccc(OCC(=O)OCc2cc(=O)n3cccc(C)c3n2)c1. The summed E-state index contributed by atoms with van der Waals surface area (Å²) in [4.78, 5) is 39.7. The van der Waals surface area contributed by atoms with Gasteiger partial charge in [-0.3, -0.25) is 14.0 Å². The standard InChI is InChI=1S/C20H18N2O5/c1-13-5-4-8-22-18(24)10-16(21-20(13)22)11-27-19(25)12-26-17-7-3-6-15(9-17)14(2)23/h3-10H,11-12H2,1-2H3. The predicted octanol–water partition coefficient (Wildman–Crippen LogP) is 2.33. The highest BCUT2D eigenvalue weighted by atomic mass is 16.6. The molecule has 2 aromatic heterocycles. The third kappa shape index (κ3) is 4.38. The van der Waals surface area contributed by atoms with E-state index in [1.165, 1.54) is 17.4 Å². The number of carbonyl (C=O) groups is 2. The second-order valence-electron chi connectivity index (χ2n) is 6.00. The number of aromatic nitrogens is 2. The molecule has 0 aliphatic heterocycles.